The Morgan fingerprint density at radius 1 is 0.909 bits per heavy atom. The molecule has 0 aliphatic heterocycles. The third-order valence-electron chi connectivity index (χ3n) is 4.21. The minimum absolute atomic E-state index is 0.208. The second-order valence-corrected chi connectivity index (χ2v) is 7.27. The summed E-state index contributed by atoms with van der Waals surface area (Å²) in [5.41, 5.74) is 0.587. The first kappa shape index (κ1) is 25.2. The van der Waals surface area contributed by atoms with Crippen molar-refractivity contribution in [1.29, 1.82) is 0 Å². The molecule has 2 aromatic carbocycles. The van der Waals surface area contributed by atoms with E-state index in [1.54, 1.807) is 30.3 Å². The topological polar surface area (TPSA) is 127 Å². The molecule has 0 aliphatic rings. The summed E-state index contributed by atoms with van der Waals surface area (Å²) >= 11 is 0. The molecular formula is C23H28N4O6. The number of carbonyl (C=O) groups excluding carboxylic acids is 3. The molecule has 0 saturated carbocycles. The lowest BCUT2D eigenvalue weighted by Crippen LogP contribution is -2.43. The average Bonchev–Trinajstić information content (AvgIpc) is 2.79. The van der Waals surface area contributed by atoms with E-state index in [1.807, 2.05) is 32.0 Å². The molecule has 0 unspecified atom stereocenters. The van der Waals surface area contributed by atoms with E-state index in [9.17, 15) is 14.4 Å². The van der Waals surface area contributed by atoms with Crippen LogP contribution >= 0.6 is 0 Å². The first-order valence-corrected chi connectivity index (χ1v) is 10.3. The second-order valence-electron chi connectivity index (χ2n) is 7.27. The van der Waals surface area contributed by atoms with E-state index in [1.165, 1.54) is 14.2 Å². The van der Waals surface area contributed by atoms with Crippen molar-refractivity contribution in [3.63, 3.8) is 0 Å². The van der Waals surface area contributed by atoms with Crippen LogP contribution in [0.2, 0.25) is 0 Å². The van der Waals surface area contributed by atoms with Crippen molar-refractivity contribution in [3.8, 4) is 11.5 Å². The van der Waals surface area contributed by atoms with Crippen molar-refractivity contribution in [2.45, 2.75) is 26.7 Å². The van der Waals surface area contributed by atoms with Gasteiger partial charge in [0.2, 0.25) is 11.9 Å². The van der Waals surface area contributed by atoms with Crippen molar-refractivity contribution < 1.29 is 28.6 Å². The van der Waals surface area contributed by atoms with Crippen LogP contribution in [0, 0.1) is 5.92 Å². The minimum Gasteiger partial charge on any atom is -0.457 e. The zero-order valence-electron chi connectivity index (χ0n) is 19.0. The fourth-order valence-electron chi connectivity index (χ4n) is 2.54. The largest absolute Gasteiger partial charge is 0.457 e. The molecule has 10 heteroatoms. The highest BCUT2D eigenvalue weighted by Crippen LogP contribution is 2.32. The highest BCUT2D eigenvalue weighted by Gasteiger charge is 2.14. The number of anilines is 1. The van der Waals surface area contributed by atoms with Gasteiger partial charge >= 0.3 is 12.2 Å². The predicted molar refractivity (Wildman–Crippen MR) is 124 cm³/mol. The summed E-state index contributed by atoms with van der Waals surface area (Å²) in [7, 11) is 2.34. The van der Waals surface area contributed by atoms with Gasteiger partial charge < -0.3 is 19.5 Å². The molecule has 0 bridgehead atoms. The van der Waals surface area contributed by atoms with Crippen molar-refractivity contribution in [1.82, 2.24) is 10.6 Å². The smallest absolute Gasteiger partial charge is 0.413 e. The Kier molecular flexibility index (Phi) is 9.69. The molecule has 2 aromatic rings. The first-order valence-electron chi connectivity index (χ1n) is 10.3. The molecule has 0 spiro atoms. The van der Waals surface area contributed by atoms with Gasteiger partial charge in [-0.2, -0.15) is 0 Å². The maximum absolute atomic E-state index is 12.5. The Morgan fingerprint density at radius 3 is 2.12 bits per heavy atom. The van der Waals surface area contributed by atoms with Gasteiger partial charge in [0.25, 0.3) is 0 Å². The van der Waals surface area contributed by atoms with Crippen LogP contribution in [0.5, 0.6) is 11.5 Å². The molecule has 0 heterocycles. The van der Waals surface area contributed by atoms with E-state index < -0.39 is 12.2 Å². The van der Waals surface area contributed by atoms with Gasteiger partial charge in [-0.05, 0) is 36.6 Å². The quantitative estimate of drug-likeness (QED) is 0.414. The van der Waals surface area contributed by atoms with Crippen molar-refractivity contribution in [3.05, 3.63) is 48.5 Å². The van der Waals surface area contributed by atoms with Crippen LogP contribution in [-0.4, -0.2) is 38.3 Å². The van der Waals surface area contributed by atoms with E-state index in [-0.39, 0.29) is 17.6 Å². The van der Waals surface area contributed by atoms with Crippen LogP contribution in [0.4, 0.5) is 21.0 Å². The fourth-order valence-corrected chi connectivity index (χ4v) is 2.54. The van der Waals surface area contributed by atoms with Crippen LogP contribution in [-0.2, 0) is 14.3 Å². The van der Waals surface area contributed by atoms with Gasteiger partial charge in [0.1, 0.15) is 11.5 Å². The number of nitrogens with zero attached hydrogens (tertiary/aromatic N) is 1. The number of guanidine groups is 1. The van der Waals surface area contributed by atoms with Crippen LogP contribution < -0.4 is 20.7 Å². The number of benzene rings is 2. The van der Waals surface area contributed by atoms with Gasteiger partial charge in [-0.15, -0.1) is 0 Å². The van der Waals surface area contributed by atoms with Crippen molar-refractivity contribution >= 4 is 35.4 Å². The van der Waals surface area contributed by atoms with Crippen molar-refractivity contribution in [2.24, 2.45) is 10.9 Å². The van der Waals surface area contributed by atoms with Gasteiger partial charge in [0.05, 0.1) is 25.6 Å². The SMILES string of the molecule is COC(=O)NC(=Nc1ccc(Oc2ccccc2)cc1NC(=O)CCC(C)C)NC(=O)OC. The number of nitrogens with one attached hydrogen (secondary N) is 3. The molecule has 10 nitrogen and oxygen atoms in total. The molecule has 33 heavy (non-hydrogen) atoms. The fraction of sp³-hybridized carbons (Fsp3) is 0.304. The molecule has 0 saturated heterocycles. The molecule has 3 N–H and O–H groups in total. The first-order chi connectivity index (χ1) is 15.8. The van der Waals surface area contributed by atoms with Gasteiger partial charge in [-0.25, -0.2) is 14.6 Å². The van der Waals surface area contributed by atoms with Crippen LogP contribution in [0.3, 0.4) is 0 Å². The zero-order valence-corrected chi connectivity index (χ0v) is 19.0. The molecule has 176 valence electrons. The standard InChI is InChI=1S/C23H28N4O6/c1-15(2)10-13-20(28)24-19-14-17(33-16-8-6-5-7-9-16)11-12-18(19)25-21(26-22(29)31-3)27-23(30)32-4/h5-9,11-12,14-15H,10,13H2,1-4H3,(H,24,28)(H2,25,26,27,29,30). The highest BCUT2D eigenvalue weighted by atomic mass is 16.5. The summed E-state index contributed by atoms with van der Waals surface area (Å²) in [5, 5.41) is 7.39. The highest BCUT2D eigenvalue weighted by molar-refractivity contribution is 6.03. The Bertz CT molecular complexity index is 972. The lowest BCUT2D eigenvalue weighted by atomic mass is 10.1. The molecule has 0 fully saturated rings. The Balaban J connectivity index is 2.39. The van der Waals surface area contributed by atoms with Crippen LogP contribution in [0.1, 0.15) is 26.7 Å². The summed E-state index contributed by atoms with van der Waals surface area (Å²) in [6.45, 7) is 4.06. The predicted octanol–water partition coefficient (Wildman–Crippen LogP) is 4.55. The summed E-state index contributed by atoms with van der Waals surface area (Å²) in [4.78, 5) is 40.1. The van der Waals surface area contributed by atoms with Gasteiger partial charge in [0, 0.05) is 12.5 Å². The van der Waals surface area contributed by atoms with E-state index in [2.05, 4.69) is 30.4 Å². The summed E-state index contributed by atoms with van der Waals surface area (Å²) < 4.78 is 15.0. The maximum Gasteiger partial charge on any atom is 0.413 e. The number of carbonyl (C=O) groups is 3. The lowest BCUT2D eigenvalue weighted by molar-refractivity contribution is -0.116. The molecule has 0 radical (unpaired) electrons. The third-order valence-corrected chi connectivity index (χ3v) is 4.21. The van der Waals surface area contributed by atoms with E-state index in [4.69, 9.17) is 4.74 Å². The lowest BCUT2D eigenvalue weighted by Gasteiger charge is -2.14. The Labute approximate surface area is 192 Å². The minimum atomic E-state index is -0.850. The molecule has 0 aromatic heterocycles. The van der Waals surface area contributed by atoms with Crippen LogP contribution in [0.25, 0.3) is 0 Å². The summed E-state index contributed by atoms with van der Waals surface area (Å²) in [5.74, 6) is 0.985. The molecule has 2 rings (SSSR count). The molecule has 3 amide bonds. The number of methoxy groups -OCH3 is 2. The number of aliphatic imine (C=N–C) groups is 1. The van der Waals surface area contributed by atoms with Gasteiger partial charge in [-0.3, -0.25) is 15.4 Å². The number of hydrogen-bond donors (Lipinski definition) is 3. The number of alkyl carbamates (subject to hydrolysis) is 2. The van der Waals surface area contributed by atoms with E-state index in [0.29, 0.717) is 35.9 Å². The summed E-state index contributed by atoms with van der Waals surface area (Å²) in [6.07, 6.45) is -0.671. The number of amides is 3. The normalized spacial score (nSPS) is 10.1. The number of rotatable bonds is 7. The average molecular weight is 456 g/mol. The third kappa shape index (κ3) is 8.90. The second kappa shape index (κ2) is 12.7. The Morgan fingerprint density at radius 2 is 1.55 bits per heavy atom. The molecular weight excluding hydrogens is 428 g/mol. The number of ether oxygens (including phenoxy) is 3. The molecule has 0 aliphatic carbocycles. The van der Waals surface area contributed by atoms with Crippen molar-refractivity contribution in [2.75, 3.05) is 19.5 Å². The van der Waals surface area contributed by atoms with Crippen LogP contribution in [0.15, 0.2) is 53.5 Å². The summed E-state index contributed by atoms with van der Waals surface area (Å²) in [6, 6.07) is 14.0. The number of hydrogen-bond acceptors (Lipinski definition) is 7. The molecule has 0 atom stereocenters. The maximum atomic E-state index is 12.5. The Hall–Kier alpha value is -4.08. The van der Waals surface area contributed by atoms with Gasteiger partial charge in [0.15, 0.2) is 0 Å². The monoisotopic (exact) mass is 456 g/mol. The van der Waals surface area contributed by atoms with Gasteiger partial charge in [-0.1, -0.05) is 32.0 Å². The van der Waals surface area contributed by atoms with E-state index >= 15 is 0 Å². The zero-order chi connectivity index (χ0) is 24.2. The number of para-hydroxylation sites is 1. The van der Waals surface area contributed by atoms with E-state index in [0.717, 1.165) is 0 Å².